The van der Waals surface area contributed by atoms with Crippen LogP contribution in [0.4, 0.5) is 11.4 Å². The lowest BCUT2D eigenvalue weighted by Gasteiger charge is -2.20. The molecule has 0 bridgehead atoms. The second-order valence-corrected chi connectivity index (χ2v) is 7.30. The van der Waals surface area contributed by atoms with Crippen molar-refractivity contribution in [2.24, 2.45) is 5.92 Å². The molecule has 2 amide bonds. The third-order valence-corrected chi connectivity index (χ3v) is 5.50. The first-order valence-corrected chi connectivity index (χ1v) is 9.94. The number of amides is 2. The van der Waals surface area contributed by atoms with Crippen molar-refractivity contribution >= 4 is 34.0 Å². The van der Waals surface area contributed by atoms with E-state index < -0.39 is 5.92 Å². The van der Waals surface area contributed by atoms with Gasteiger partial charge in [0.05, 0.1) is 32.9 Å². The fraction of sp³-hybridized carbons (Fsp3) is 0.250. The largest absolute Gasteiger partial charge is 0.493 e. The van der Waals surface area contributed by atoms with Crippen molar-refractivity contribution in [1.82, 2.24) is 0 Å². The van der Waals surface area contributed by atoms with Crippen LogP contribution in [-0.2, 0) is 9.59 Å². The molecule has 4 rings (SSSR count). The van der Waals surface area contributed by atoms with Gasteiger partial charge in [-0.15, -0.1) is 0 Å². The van der Waals surface area contributed by atoms with Gasteiger partial charge >= 0.3 is 0 Å². The summed E-state index contributed by atoms with van der Waals surface area (Å²) in [5.41, 5.74) is 1.33. The van der Waals surface area contributed by atoms with Crippen LogP contribution in [0.25, 0.3) is 10.8 Å². The minimum Gasteiger partial charge on any atom is -0.493 e. The molecular formula is C24H24N2O5. The highest BCUT2D eigenvalue weighted by Gasteiger charge is 2.36. The molecule has 0 saturated carbocycles. The van der Waals surface area contributed by atoms with Crippen LogP contribution in [0.5, 0.6) is 17.2 Å². The van der Waals surface area contributed by atoms with Gasteiger partial charge in [-0.2, -0.15) is 0 Å². The maximum atomic E-state index is 13.0. The Hall–Kier alpha value is -3.74. The Morgan fingerprint density at radius 3 is 2.32 bits per heavy atom. The number of ether oxygens (including phenoxy) is 3. The summed E-state index contributed by atoms with van der Waals surface area (Å²) in [6, 6.07) is 17.0. The predicted molar refractivity (Wildman–Crippen MR) is 119 cm³/mol. The van der Waals surface area contributed by atoms with E-state index in [0.717, 1.165) is 16.5 Å². The van der Waals surface area contributed by atoms with Crippen LogP contribution in [0.2, 0.25) is 0 Å². The molecule has 1 aliphatic heterocycles. The van der Waals surface area contributed by atoms with E-state index in [-0.39, 0.29) is 24.8 Å². The number of methoxy groups -OCH3 is 3. The van der Waals surface area contributed by atoms with Crippen LogP contribution < -0.4 is 24.4 Å². The molecule has 0 unspecified atom stereocenters. The fourth-order valence-corrected chi connectivity index (χ4v) is 3.93. The minimum atomic E-state index is -0.467. The molecule has 0 aliphatic carbocycles. The molecule has 1 saturated heterocycles. The number of carbonyl (C=O) groups excluding carboxylic acids is 2. The Bertz CT molecular complexity index is 1110. The van der Waals surface area contributed by atoms with E-state index in [1.54, 1.807) is 17.0 Å². The van der Waals surface area contributed by atoms with Crippen LogP contribution >= 0.6 is 0 Å². The van der Waals surface area contributed by atoms with E-state index in [1.807, 2.05) is 42.5 Å². The minimum absolute atomic E-state index is 0.132. The number of hydrogen-bond donors (Lipinski definition) is 1. The summed E-state index contributed by atoms with van der Waals surface area (Å²) in [5, 5.41) is 5.00. The molecule has 1 N–H and O–H groups in total. The molecule has 7 nitrogen and oxygen atoms in total. The van der Waals surface area contributed by atoms with Crippen LogP contribution in [0.3, 0.4) is 0 Å². The van der Waals surface area contributed by atoms with Crippen molar-refractivity contribution < 1.29 is 23.8 Å². The summed E-state index contributed by atoms with van der Waals surface area (Å²) in [7, 11) is 4.56. The molecular weight excluding hydrogens is 396 g/mol. The topological polar surface area (TPSA) is 77.1 Å². The highest BCUT2D eigenvalue weighted by atomic mass is 16.5. The van der Waals surface area contributed by atoms with Crippen LogP contribution in [-0.4, -0.2) is 39.7 Å². The highest BCUT2D eigenvalue weighted by molar-refractivity contribution is 6.07. The quantitative estimate of drug-likeness (QED) is 0.655. The third kappa shape index (κ3) is 3.86. The van der Waals surface area contributed by atoms with E-state index in [2.05, 4.69) is 5.32 Å². The Labute approximate surface area is 180 Å². The van der Waals surface area contributed by atoms with Gasteiger partial charge in [0, 0.05) is 36.2 Å². The van der Waals surface area contributed by atoms with Gasteiger partial charge in [-0.3, -0.25) is 9.59 Å². The molecule has 160 valence electrons. The molecule has 0 radical (unpaired) electrons. The zero-order valence-electron chi connectivity index (χ0n) is 17.7. The van der Waals surface area contributed by atoms with Crippen molar-refractivity contribution in [3.8, 4) is 17.2 Å². The number of nitrogens with one attached hydrogen (secondary N) is 1. The zero-order chi connectivity index (χ0) is 22.0. The van der Waals surface area contributed by atoms with E-state index in [0.29, 0.717) is 22.9 Å². The van der Waals surface area contributed by atoms with Gasteiger partial charge < -0.3 is 24.4 Å². The maximum absolute atomic E-state index is 13.0. The molecule has 1 atom stereocenters. The Morgan fingerprint density at radius 1 is 0.968 bits per heavy atom. The Balaban J connectivity index is 1.56. The van der Waals surface area contributed by atoms with Crippen molar-refractivity contribution in [3.05, 3.63) is 54.6 Å². The number of hydrogen-bond acceptors (Lipinski definition) is 5. The number of benzene rings is 3. The standard InChI is InChI=1S/C24H24N2O5/c1-29-20-12-17(13-21(30-2)23(20)31-3)26-14-16(11-22(26)27)24(28)25-19-10-6-8-15-7-4-5-9-18(15)19/h4-10,12-13,16H,11,14H2,1-3H3,(H,25,28)/t16-/m0/s1. The van der Waals surface area contributed by atoms with Gasteiger partial charge in [0.1, 0.15) is 0 Å². The second kappa shape index (κ2) is 8.55. The fourth-order valence-electron chi connectivity index (χ4n) is 3.93. The van der Waals surface area contributed by atoms with Gasteiger partial charge in [0.15, 0.2) is 11.5 Å². The summed E-state index contributed by atoms with van der Waals surface area (Å²) in [6.45, 7) is 0.272. The molecule has 1 aliphatic rings. The van der Waals surface area contributed by atoms with Gasteiger partial charge in [-0.05, 0) is 11.5 Å². The zero-order valence-corrected chi connectivity index (χ0v) is 17.7. The SMILES string of the molecule is COc1cc(N2C[C@@H](C(=O)Nc3cccc4ccccc34)CC2=O)cc(OC)c1OC. The number of nitrogens with zero attached hydrogens (tertiary/aromatic N) is 1. The number of carbonyl (C=O) groups is 2. The van der Waals surface area contributed by atoms with Crippen molar-refractivity contribution in [3.63, 3.8) is 0 Å². The third-order valence-electron chi connectivity index (χ3n) is 5.50. The molecule has 0 spiro atoms. The second-order valence-electron chi connectivity index (χ2n) is 7.30. The van der Waals surface area contributed by atoms with E-state index >= 15 is 0 Å². The average molecular weight is 420 g/mol. The van der Waals surface area contributed by atoms with Crippen LogP contribution in [0, 0.1) is 5.92 Å². The monoisotopic (exact) mass is 420 g/mol. The summed E-state index contributed by atoms with van der Waals surface area (Å²) in [6.07, 6.45) is 0.132. The molecule has 1 heterocycles. The van der Waals surface area contributed by atoms with Gasteiger partial charge in [0.25, 0.3) is 0 Å². The lowest BCUT2D eigenvalue weighted by molar-refractivity contribution is -0.122. The van der Waals surface area contributed by atoms with Crippen molar-refractivity contribution in [2.75, 3.05) is 38.1 Å². The first-order valence-electron chi connectivity index (χ1n) is 9.94. The Kier molecular flexibility index (Phi) is 5.66. The Morgan fingerprint density at radius 2 is 1.65 bits per heavy atom. The van der Waals surface area contributed by atoms with Crippen molar-refractivity contribution in [1.29, 1.82) is 0 Å². The van der Waals surface area contributed by atoms with Crippen LogP contribution in [0.15, 0.2) is 54.6 Å². The number of anilines is 2. The molecule has 7 heteroatoms. The first kappa shape index (κ1) is 20.5. The van der Waals surface area contributed by atoms with E-state index in [9.17, 15) is 9.59 Å². The summed E-state index contributed by atoms with van der Waals surface area (Å²) < 4.78 is 16.1. The maximum Gasteiger partial charge on any atom is 0.229 e. The van der Waals surface area contributed by atoms with Crippen molar-refractivity contribution in [2.45, 2.75) is 6.42 Å². The van der Waals surface area contributed by atoms with Crippen LogP contribution in [0.1, 0.15) is 6.42 Å². The summed E-state index contributed by atoms with van der Waals surface area (Å²) in [4.78, 5) is 27.3. The lowest BCUT2D eigenvalue weighted by atomic mass is 10.1. The van der Waals surface area contributed by atoms with E-state index in [1.165, 1.54) is 21.3 Å². The highest BCUT2D eigenvalue weighted by Crippen LogP contribution is 2.42. The van der Waals surface area contributed by atoms with Gasteiger partial charge in [-0.25, -0.2) is 0 Å². The first-order chi connectivity index (χ1) is 15.0. The normalized spacial score (nSPS) is 15.8. The lowest BCUT2D eigenvalue weighted by Crippen LogP contribution is -2.28. The summed E-state index contributed by atoms with van der Waals surface area (Å²) in [5.74, 6) is 0.574. The smallest absolute Gasteiger partial charge is 0.229 e. The molecule has 31 heavy (non-hydrogen) atoms. The molecule has 3 aromatic carbocycles. The average Bonchev–Trinajstić information content (AvgIpc) is 3.20. The number of fused-ring (bicyclic) bond motifs is 1. The molecule has 0 aromatic heterocycles. The van der Waals surface area contributed by atoms with Gasteiger partial charge in [-0.1, -0.05) is 36.4 Å². The molecule has 1 fully saturated rings. The number of rotatable bonds is 6. The van der Waals surface area contributed by atoms with Gasteiger partial charge in [0.2, 0.25) is 17.6 Å². The van der Waals surface area contributed by atoms with E-state index in [4.69, 9.17) is 14.2 Å². The summed E-state index contributed by atoms with van der Waals surface area (Å²) >= 11 is 0. The molecule has 3 aromatic rings. The predicted octanol–water partition coefficient (Wildman–Crippen LogP) is 3.86.